The van der Waals surface area contributed by atoms with Crippen LogP contribution in [0.5, 0.6) is 0 Å². The molecular formula is C11H8FN3O. The molecule has 5 heteroatoms. The van der Waals surface area contributed by atoms with E-state index in [2.05, 4.69) is 9.97 Å². The lowest BCUT2D eigenvalue weighted by Crippen LogP contribution is -2.05. The number of hydrogen-bond donors (Lipinski definition) is 3. The van der Waals surface area contributed by atoms with Crippen molar-refractivity contribution in [1.29, 1.82) is 0 Å². The highest BCUT2D eigenvalue weighted by Crippen LogP contribution is 2.25. The van der Waals surface area contributed by atoms with Crippen molar-refractivity contribution in [1.82, 2.24) is 9.97 Å². The highest BCUT2D eigenvalue weighted by molar-refractivity contribution is 6.10. The van der Waals surface area contributed by atoms with Gasteiger partial charge in [0.1, 0.15) is 5.82 Å². The Kier molecular flexibility index (Phi) is 1.60. The van der Waals surface area contributed by atoms with E-state index >= 15 is 0 Å². The van der Waals surface area contributed by atoms with E-state index in [9.17, 15) is 9.18 Å². The molecule has 3 rings (SSSR count). The fourth-order valence-corrected chi connectivity index (χ4v) is 1.90. The summed E-state index contributed by atoms with van der Waals surface area (Å²) in [6.07, 6.45) is 1.43. The molecule has 2 heterocycles. The zero-order chi connectivity index (χ0) is 11.3. The molecule has 3 aromatic rings. The Hall–Kier alpha value is -2.30. The van der Waals surface area contributed by atoms with Crippen LogP contribution in [0, 0.1) is 5.82 Å². The number of nitrogen functional groups attached to an aromatic ring is 1. The number of hydrogen-bond acceptors (Lipinski definition) is 2. The summed E-state index contributed by atoms with van der Waals surface area (Å²) in [4.78, 5) is 17.2. The predicted molar refractivity (Wildman–Crippen MR) is 60.8 cm³/mol. The number of pyridine rings is 1. The number of rotatable bonds is 0. The number of nitrogens with two attached hydrogens (primary N) is 1. The van der Waals surface area contributed by atoms with Gasteiger partial charge in [0.2, 0.25) is 0 Å². The molecule has 2 aromatic heterocycles. The molecule has 0 amide bonds. The van der Waals surface area contributed by atoms with Gasteiger partial charge in [-0.2, -0.15) is 0 Å². The van der Waals surface area contributed by atoms with E-state index in [4.69, 9.17) is 5.73 Å². The van der Waals surface area contributed by atoms with E-state index in [1.54, 1.807) is 6.07 Å². The summed E-state index contributed by atoms with van der Waals surface area (Å²) in [5.41, 5.74) is 7.13. The van der Waals surface area contributed by atoms with Gasteiger partial charge in [-0.25, -0.2) is 4.39 Å². The quantitative estimate of drug-likeness (QED) is 0.536. The highest BCUT2D eigenvalue weighted by Gasteiger charge is 2.10. The lowest BCUT2D eigenvalue weighted by molar-refractivity contribution is 0.630. The Morgan fingerprint density at radius 3 is 2.94 bits per heavy atom. The van der Waals surface area contributed by atoms with Crippen molar-refractivity contribution in [3.63, 3.8) is 0 Å². The Morgan fingerprint density at radius 1 is 1.31 bits per heavy atom. The molecule has 0 spiro atoms. The molecule has 0 atom stereocenters. The monoisotopic (exact) mass is 217 g/mol. The number of aromatic amines is 2. The second kappa shape index (κ2) is 2.85. The molecule has 0 unspecified atom stereocenters. The van der Waals surface area contributed by atoms with Gasteiger partial charge < -0.3 is 15.7 Å². The predicted octanol–water partition coefficient (Wildman–Crippen LogP) is 1.73. The van der Waals surface area contributed by atoms with Gasteiger partial charge in [-0.1, -0.05) is 0 Å². The fourth-order valence-electron chi connectivity index (χ4n) is 1.90. The number of benzene rings is 1. The van der Waals surface area contributed by atoms with Crippen LogP contribution in [0.1, 0.15) is 0 Å². The van der Waals surface area contributed by atoms with Crippen LogP contribution in [0.15, 0.2) is 29.2 Å². The number of fused-ring (bicyclic) bond motifs is 3. The van der Waals surface area contributed by atoms with Crippen molar-refractivity contribution >= 4 is 27.5 Å². The normalized spacial score (nSPS) is 11.3. The minimum absolute atomic E-state index is 0.277. The zero-order valence-electron chi connectivity index (χ0n) is 8.17. The number of halogens is 1. The van der Waals surface area contributed by atoms with Crippen LogP contribution in [-0.4, -0.2) is 9.97 Å². The number of aromatic nitrogens is 2. The summed E-state index contributed by atoms with van der Waals surface area (Å²) >= 11 is 0. The molecule has 0 aliphatic heterocycles. The van der Waals surface area contributed by atoms with Crippen molar-refractivity contribution in [2.75, 3.05) is 5.73 Å². The molecule has 80 valence electrons. The van der Waals surface area contributed by atoms with Gasteiger partial charge >= 0.3 is 0 Å². The van der Waals surface area contributed by atoms with Crippen molar-refractivity contribution in [2.24, 2.45) is 0 Å². The van der Waals surface area contributed by atoms with E-state index in [1.165, 1.54) is 18.3 Å². The van der Waals surface area contributed by atoms with Gasteiger partial charge in [0.25, 0.3) is 5.56 Å². The molecule has 0 bridgehead atoms. The summed E-state index contributed by atoms with van der Waals surface area (Å²) < 4.78 is 13.1. The standard InChI is InChI=1S/C11H8FN3O/c12-5-1-2-8-6(3-5)9-10(15-8)7(13)4-14-11(9)16/h1-4,15H,13H2,(H,14,16). The molecule has 0 aliphatic carbocycles. The van der Waals surface area contributed by atoms with Gasteiger partial charge in [-0.05, 0) is 18.2 Å². The van der Waals surface area contributed by atoms with E-state index < -0.39 is 0 Å². The maximum Gasteiger partial charge on any atom is 0.258 e. The smallest absolute Gasteiger partial charge is 0.258 e. The molecule has 0 aliphatic rings. The Morgan fingerprint density at radius 2 is 2.12 bits per heavy atom. The van der Waals surface area contributed by atoms with Crippen molar-refractivity contribution in [3.05, 3.63) is 40.6 Å². The largest absolute Gasteiger partial charge is 0.396 e. The average molecular weight is 217 g/mol. The van der Waals surface area contributed by atoms with E-state index in [1.807, 2.05) is 0 Å². The minimum atomic E-state index is -0.379. The van der Waals surface area contributed by atoms with Crippen molar-refractivity contribution in [3.8, 4) is 0 Å². The Labute approximate surface area is 88.9 Å². The lowest BCUT2D eigenvalue weighted by atomic mass is 10.2. The molecule has 1 aromatic carbocycles. The summed E-state index contributed by atoms with van der Waals surface area (Å²) in [5, 5.41) is 0.943. The first kappa shape index (κ1) is 8.96. The highest BCUT2D eigenvalue weighted by atomic mass is 19.1. The minimum Gasteiger partial charge on any atom is -0.396 e. The van der Waals surface area contributed by atoms with Crippen LogP contribution in [0.3, 0.4) is 0 Å². The molecule has 0 saturated heterocycles. The van der Waals surface area contributed by atoms with Crippen LogP contribution < -0.4 is 11.3 Å². The first-order valence-corrected chi connectivity index (χ1v) is 4.75. The van der Waals surface area contributed by atoms with Crippen molar-refractivity contribution < 1.29 is 4.39 Å². The van der Waals surface area contributed by atoms with Crippen LogP contribution in [0.2, 0.25) is 0 Å². The first-order valence-electron chi connectivity index (χ1n) is 4.75. The molecule has 4 nitrogen and oxygen atoms in total. The van der Waals surface area contributed by atoms with Crippen LogP contribution in [0.25, 0.3) is 21.8 Å². The Balaban J connectivity index is 2.68. The van der Waals surface area contributed by atoms with E-state index in [-0.39, 0.29) is 11.4 Å². The van der Waals surface area contributed by atoms with Gasteiger partial charge in [-0.15, -0.1) is 0 Å². The van der Waals surface area contributed by atoms with Gasteiger partial charge in [0.05, 0.1) is 16.6 Å². The van der Waals surface area contributed by atoms with Crippen LogP contribution in [-0.2, 0) is 0 Å². The Bertz CT molecular complexity index is 757. The van der Waals surface area contributed by atoms with Gasteiger partial charge in [-0.3, -0.25) is 4.79 Å². The van der Waals surface area contributed by atoms with Crippen molar-refractivity contribution in [2.45, 2.75) is 0 Å². The second-order valence-corrected chi connectivity index (χ2v) is 3.64. The number of anilines is 1. The molecule has 0 radical (unpaired) electrons. The van der Waals surface area contributed by atoms with E-state index in [0.29, 0.717) is 27.5 Å². The summed E-state index contributed by atoms with van der Waals surface area (Å²) in [6, 6.07) is 4.24. The van der Waals surface area contributed by atoms with Gasteiger partial charge in [0.15, 0.2) is 0 Å². The third-order valence-corrected chi connectivity index (χ3v) is 2.64. The maximum absolute atomic E-state index is 13.1. The second-order valence-electron chi connectivity index (χ2n) is 3.64. The average Bonchev–Trinajstić information content (AvgIpc) is 2.63. The fraction of sp³-hybridized carbons (Fsp3) is 0. The molecule has 0 fully saturated rings. The molecular weight excluding hydrogens is 209 g/mol. The summed E-state index contributed by atoms with van der Waals surface area (Å²) in [7, 11) is 0. The van der Waals surface area contributed by atoms with E-state index in [0.717, 1.165) is 0 Å². The number of nitrogens with one attached hydrogen (secondary N) is 2. The topological polar surface area (TPSA) is 74.7 Å². The third kappa shape index (κ3) is 1.05. The summed E-state index contributed by atoms with van der Waals surface area (Å²) in [5.74, 6) is -0.379. The first-order chi connectivity index (χ1) is 7.66. The third-order valence-electron chi connectivity index (χ3n) is 2.64. The lowest BCUT2D eigenvalue weighted by Gasteiger charge is -1.93. The molecule has 16 heavy (non-hydrogen) atoms. The van der Waals surface area contributed by atoms with Gasteiger partial charge in [0, 0.05) is 17.1 Å². The number of H-pyrrole nitrogens is 2. The maximum atomic E-state index is 13.1. The SMILES string of the molecule is Nc1c[nH]c(=O)c2c1[nH]c1ccc(F)cc12. The molecule has 4 N–H and O–H groups in total. The zero-order valence-corrected chi connectivity index (χ0v) is 8.17. The van der Waals surface area contributed by atoms with Crippen LogP contribution >= 0.6 is 0 Å². The molecule has 0 saturated carbocycles. The van der Waals surface area contributed by atoms with Crippen LogP contribution in [0.4, 0.5) is 10.1 Å². The summed E-state index contributed by atoms with van der Waals surface area (Å²) in [6.45, 7) is 0.